The number of aromatic nitrogens is 4. The Labute approximate surface area is 111 Å². The molecule has 100 valence electrons. The largest absolute Gasteiger partial charge is 0.393 e. The van der Waals surface area contributed by atoms with Gasteiger partial charge in [-0.2, -0.15) is 4.68 Å². The summed E-state index contributed by atoms with van der Waals surface area (Å²) in [7, 11) is 0. The smallest absolute Gasteiger partial charge is 0.250 e. The van der Waals surface area contributed by atoms with Crippen LogP contribution in [0.2, 0.25) is 0 Å². The van der Waals surface area contributed by atoms with Crippen LogP contribution >= 0.6 is 0 Å². The quantitative estimate of drug-likeness (QED) is 0.869. The van der Waals surface area contributed by atoms with Gasteiger partial charge in [0.15, 0.2) is 0 Å². The lowest BCUT2D eigenvalue weighted by atomic mass is 10.1. The molecule has 3 rings (SSSR count). The van der Waals surface area contributed by atoms with Crippen LogP contribution < -0.4 is 4.90 Å². The summed E-state index contributed by atoms with van der Waals surface area (Å²) in [5.41, 5.74) is 2.16. The Morgan fingerprint density at radius 3 is 2.53 bits per heavy atom. The molecule has 1 N–H and O–H groups in total. The van der Waals surface area contributed by atoms with E-state index in [0.29, 0.717) is 0 Å². The molecule has 0 amide bonds. The number of hydrogen-bond donors (Lipinski definition) is 1. The number of aliphatic hydroxyl groups is 1. The number of nitrogens with zero attached hydrogens (tertiary/aromatic N) is 5. The predicted molar refractivity (Wildman–Crippen MR) is 71.3 cm³/mol. The van der Waals surface area contributed by atoms with Crippen LogP contribution in [0.1, 0.15) is 18.4 Å². The minimum atomic E-state index is -0.194. The van der Waals surface area contributed by atoms with Crippen LogP contribution in [0.3, 0.4) is 0 Å². The van der Waals surface area contributed by atoms with Gasteiger partial charge in [0.05, 0.1) is 11.8 Å². The molecule has 2 aromatic rings. The van der Waals surface area contributed by atoms with E-state index in [0.717, 1.165) is 37.6 Å². The van der Waals surface area contributed by atoms with Gasteiger partial charge in [0.1, 0.15) is 0 Å². The average Bonchev–Trinajstić information content (AvgIpc) is 2.90. The van der Waals surface area contributed by atoms with Crippen molar-refractivity contribution in [1.82, 2.24) is 20.2 Å². The normalized spacial score (nSPS) is 16.8. The van der Waals surface area contributed by atoms with Crippen molar-refractivity contribution in [2.24, 2.45) is 0 Å². The van der Waals surface area contributed by atoms with Gasteiger partial charge in [0.25, 0.3) is 0 Å². The number of benzene rings is 1. The third kappa shape index (κ3) is 2.44. The fraction of sp³-hybridized carbons (Fsp3) is 0.462. The summed E-state index contributed by atoms with van der Waals surface area (Å²) in [6, 6.07) is 8.10. The number of aryl methyl sites for hydroxylation is 1. The lowest BCUT2D eigenvalue weighted by Crippen LogP contribution is -2.37. The SMILES string of the molecule is Cc1ccc(-n2nnnc2N2CCC(O)CC2)cc1. The zero-order valence-corrected chi connectivity index (χ0v) is 10.9. The summed E-state index contributed by atoms with van der Waals surface area (Å²) >= 11 is 0. The summed E-state index contributed by atoms with van der Waals surface area (Å²) in [5.74, 6) is 0.746. The maximum Gasteiger partial charge on any atom is 0.250 e. The Bertz CT molecular complexity index is 542. The van der Waals surface area contributed by atoms with Gasteiger partial charge in [-0.1, -0.05) is 22.8 Å². The van der Waals surface area contributed by atoms with E-state index in [-0.39, 0.29) is 6.10 Å². The Balaban J connectivity index is 1.88. The van der Waals surface area contributed by atoms with E-state index in [1.807, 2.05) is 24.3 Å². The molecule has 6 nitrogen and oxygen atoms in total. The first kappa shape index (κ1) is 12.1. The highest BCUT2D eigenvalue weighted by Crippen LogP contribution is 2.20. The van der Waals surface area contributed by atoms with E-state index in [4.69, 9.17) is 0 Å². The number of hydrogen-bond acceptors (Lipinski definition) is 5. The van der Waals surface area contributed by atoms with Gasteiger partial charge in [-0.3, -0.25) is 0 Å². The molecule has 0 bridgehead atoms. The monoisotopic (exact) mass is 259 g/mol. The molecule has 0 unspecified atom stereocenters. The van der Waals surface area contributed by atoms with Crippen LogP contribution in [-0.2, 0) is 0 Å². The first-order valence-electron chi connectivity index (χ1n) is 6.52. The van der Waals surface area contributed by atoms with Crippen LogP contribution in [0, 0.1) is 6.92 Å². The van der Waals surface area contributed by atoms with Crippen molar-refractivity contribution in [2.75, 3.05) is 18.0 Å². The third-order valence-corrected chi connectivity index (χ3v) is 3.48. The molecule has 0 radical (unpaired) electrons. The van der Waals surface area contributed by atoms with Crippen molar-refractivity contribution in [3.8, 4) is 5.69 Å². The minimum Gasteiger partial charge on any atom is -0.393 e. The molecule has 1 fully saturated rings. The molecule has 0 atom stereocenters. The molecular formula is C13H17N5O. The number of tetrazole rings is 1. The molecule has 1 aromatic carbocycles. The zero-order chi connectivity index (χ0) is 13.2. The molecule has 0 spiro atoms. The molecule has 2 heterocycles. The zero-order valence-electron chi connectivity index (χ0n) is 10.9. The van der Waals surface area contributed by atoms with Crippen molar-refractivity contribution in [3.05, 3.63) is 29.8 Å². The molecule has 0 saturated carbocycles. The van der Waals surface area contributed by atoms with Gasteiger partial charge in [0.2, 0.25) is 5.95 Å². The highest BCUT2D eigenvalue weighted by molar-refractivity contribution is 5.41. The summed E-state index contributed by atoms with van der Waals surface area (Å²) in [4.78, 5) is 2.12. The van der Waals surface area contributed by atoms with E-state index < -0.39 is 0 Å². The van der Waals surface area contributed by atoms with E-state index >= 15 is 0 Å². The molecule has 19 heavy (non-hydrogen) atoms. The molecule has 1 saturated heterocycles. The maximum atomic E-state index is 9.56. The summed E-state index contributed by atoms with van der Waals surface area (Å²) < 4.78 is 1.75. The second-order valence-corrected chi connectivity index (χ2v) is 4.94. The van der Waals surface area contributed by atoms with Crippen molar-refractivity contribution in [3.63, 3.8) is 0 Å². The van der Waals surface area contributed by atoms with Crippen molar-refractivity contribution >= 4 is 5.95 Å². The van der Waals surface area contributed by atoms with Crippen LogP contribution in [-0.4, -0.2) is 44.5 Å². The molecule has 1 aliphatic rings. The van der Waals surface area contributed by atoms with Crippen molar-refractivity contribution in [2.45, 2.75) is 25.9 Å². The number of piperidine rings is 1. The lowest BCUT2D eigenvalue weighted by Gasteiger charge is -2.29. The topological polar surface area (TPSA) is 67.1 Å². The number of aliphatic hydroxyl groups excluding tert-OH is 1. The number of anilines is 1. The number of rotatable bonds is 2. The molecule has 1 aromatic heterocycles. The van der Waals surface area contributed by atoms with Crippen LogP contribution in [0.25, 0.3) is 5.69 Å². The Hall–Kier alpha value is -1.95. The molecule has 0 aliphatic carbocycles. The van der Waals surface area contributed by atoms with Crippen molar-refractivity contribution < 1.29 is 5.11 Å². The fourth-order valence-corrected chi connectivity index (χ4v) is 2.30. The van der Waals surface area contributed by atoms with Gasteiger partial charge in [-0.25, -0.2) is 0 Å². The van der Waals surface area contributed by atoms with Crippen LogP contribution in [0.15, 0.2) is 24.3 Å². The van der Waals surface area contributed by atoms with Crippen LogP contribution in [0.5, 0.6) is 0 Å². The second-order valence-electron chi connectivity index (χ2n) is 4.94. The van der Waals surface area contributed by atoms with Gasteiger partial charge in [0, 0.05) is 13.1 Å². The second kappa shape index (κ2) is 4.97. The van der Waals surface area contributed by atoms with E-state index in [1.165, 1.54) is 5.56 Å². The Morgan fingerprint density at radius 2 is 1.84 bits per heavy atom. The lowest BCUT2D eigenvalue weighted by molar-refractivity contribution is 0.145. The minimum absolute atomic E-state index is 0.194. The highest BCUT2D eigenvalue weighted by atomic mass is 16.3. The fourth-order valence-electron chi connectivity index (χ4n) is 2.30. The summed E-state index contributed by atoms with van der Waals surface area (Å²) in [6.07, 6.45) is 1.33. The van der Waals surface area contributed by atoms with Gasteiger partial charge >= 0.3 is 0 Å². The third-order valence-electron chi connectivity index (χ3n) is 3.48. The first-order chi connectivity index (χ1) is 9.24. The van der Waals surface area contributed by atoms with Crippen molar-refractivity contribution in [1.29, 1.82) is 0 Å². The van der Waals surface area contributed by atoms with E-state index in [2.05, 4.69) is 27.3 Å². The molecular weight excluding hydrogens is 242 g/mol. The van der Waals surface area contributed by atoms with E-state index in [1.54, 1.807) is 4.68 Å². The standard InChI is InChI=1S/C13H17N5O/c1-10-2-4-11(5-3-10)18-13(14-15-16-18)17-8-6-12(19)7-9-17/h2-5,12,19H,6-9H2,1H3. The summed E-state index contributed by atoms with van der Waals surface area (Å²) in [6.45, 7) is 3.62. The first-order valence-corrected chi connectivity index (χ1v) is 6.52. The Morgan fingerprint density at radius 1 is 1.16 bits per heavy atom. The molecule has 6 heteroatoms. The summed E-state index contributed by atoms with van der Waals surface area (Å²) in [5, 5.41) is 21.5. The van der Waals surface area contributed by atoms with Gasteiger partial charge in [-0.15, -0.1) is 0 Å². The Kier molecular flexibility index (Phi) is 3.16. The van der Waals surface area contributed by atoms with Gasteiger partial charge < -0.3 is 10.0 Å². The average molecular weight is 259 g/mol. The highest BCUT2D eigenvalue weighted by Gasteiger charge is 2.22. The van der Waals surface area contributed by atoms with E-state index in [9.17, 15) is 5.11 Å². The maximum absolute atomic E-state index is 9.56. The van der Waals surface area contributed by atoms with Crippen LogP contribution in [0.4, 0.5) is 5.95 Å². The predicted octanol–water partition coefficient (Wildman–Crippen LogP) is 0.932. The van der Waals surface area contributed by atoms with Gasteiger partial charge in [-0.05, 0) is 42.3 Å². The molecule has 1 aliphatic heterocycles.